The third-order valence-electron chi connectivity index (χ3n) is 7.01. The number of rotatable bonds is 9. The lowest BCUT2D eigenvalue weighted by Crippen LogP contribution is -2.44. The van der Waals surface area contributed by atoms with Gasteiger partial charge in [0, 0.05) is 31.0 Å². The average molecular weight is 407 g/mol. The highest BCUT2D eigenvalue weighted by atomic mass is 16.5. The van der Waals surface area contributed by atoms with E-state index >= 15 is 0 Å². The summed E-state index contributed by atoms with van der Waals surface area (Å²) in [5.41, 5.74) is 2.82. The molecule has 1 aliphatic heterocycles. The molecule has 1 amide bonds. The second-order valence-corrected chi connectivity index (χ2v) is 8.88. The standard InChI is InChI=1S/C26H34N2O2/c1-30-24-12-9-21(10-13-24)19-27-18-15-23-11-14-25(29)28(23)20-26(16-5-6-17-26)22-7-3-2-4-8-22/h2-4,7-10,12-13,23,27H,5-6,11,14-20H2,1H3/t23-/m1/s1. The van der Waals surface area contributed by atoms with E-state index < -0.39 is 0 Å². The molecule has 2 aliphatic rings. The van der Waals surface area contributed by atoms with Crippen molar-refractivity contribution in [2.45, 2.75) is 62.9 Å². The molecule has 2 aromatic rings. The zero-order valence-corrected chi connectivity index (χ0v) is 18.1. The molecule has 4 rings (SSSR count). The number of hydrogen-bond acceptors (Lipinski definition) is 3. The van der Waals surface area contributed by atoms with Crippen molar-refractivity contribution >= 4 is 5.91 Å². The minimum Gasteiger partial charge on any atom is -0.497 e. The van der Waals surface area contributed by atoms with Crippen LogP contribution >= 0.6 is 0 Å². The Kier molecular flexibility index (Phi) is 6.73. The number of nitrogens with one attached hydrogen (secondary N) is 1. The molecule has 2 fully saturated rings. The first kappa shape index (κ1) is 20.9. The highest BCUT2D eigenvalue weighted by Crippen LogP contribution is 2.43. The SMILES string of the molecule is COc1ccc(CNCC[C@H]2CCC(=O)N2CC2(c3ccccc3)CCCC2)cc1. The Morgan fingerprint density at radius 3 is 2.50 bits per heavy atom. The van der Waals surface area contributed by atoms with Crippen LogP contribution in [0.5, 0.6) is 5.75 Å². The maximum Gasteiger partial charge on any atom is 0.222 e. The second kappa shape index (κ2) is 9.65. The van der Waals surface area contributed by atoms with Crippen LogP contribution in [0.2, 0.25) is 0 Å². The number of nitrogens with zero attached hydrogens (tertiary/aromatic N) is 1. The molecule has 1 aliphatic carbocycles. The largest absolute Gasteiger partial charge is 0.497 e. The number of hydrogen-bond donors (Lipinski definition) is 1. The zero-order valence-electron chi connectivity index (χ0n) is 18.1. The summed E-state index contributed by atoms with van der Waals surface area (Å²) in [7, 11) is 1.69. The first-order valence-corrected chi connectivity index (χ1v) is 11.4. The van der Waals surface area contributed by atoms with Gasteiger partial charge in [-0.15, -0.1) is 0 Å². The number of likely N-dealkylation sites (tertiary alicyclic amines) is 1. The van der Waals surface area contributed by atoms with Crippen molar-refractivity contribution in [3.63, 3.8) is 0 Å². The summed E-state index contributed by atoms with van der Waals surface area (Å²) >= 11 is 0. The van der Waals surface area contributed by atoms with Gasteiger partial charge in [0.25, 0.3) is 0 Å². The molecule has 4 nitrogen and oxygen atoms in total. The van der Waals surface area contributed by atoms with Crippen molar-refractivity contribution < 1.29 is 9.53 Å². The van der Waals surface area contributed by atoms with Crippen molar-refractivity contribution in [3.8, 4) is 5.75 Å². The number of carbonyl (C=O) groups excluding carboxylic acids is 1. The summed E-state index contributed by atoms with van der Waals surface area (Å²) in [6.45, 7) is 2.66. The Hall–Kier alpha value is -2.33. The molecule has 0 radical (unpaired) electrons. The van der Waals surface area contributed by atoms with Gasteiger partial charge in [-0.1, -0.05) is 55.3 Å². The van der Waals surface area contributed by atoms with Crippen LogP contribution in [-0.4, -0.2) is 37.0 Å². The van der Waals surface area contributed by atoms with Crippen LogP contribution < -0.4 is 10.1 Å². The molecule has 0 bridgehead atoms. The highest BCUT2D eigenvalue weighted by molar-refractivity contribution is 5.79. The summed E-state index contributed by atoms with van der Waals surface area (Å²) < 4.78 is 5.22. The lowest BCUT2D eigenvalue weighted by atomic mass is 9.78. The predicted octanol–water partition coefficient (Wildman–Crippen LogP) is 4.68. The average Bonchev–Trinajstić information content (AvgIpc) is 3.41. The first-order chi connectivity index (χ1) is 14.7. The third kappa shape index (κ3) is 4.70. The fourth-order valence-corrected chi connectivity index (χ4v) is 5.26. The normalized spacial score (nSPS) is 20.6. The predicted molar refractivity (Wildman–Crippen MR) is 121 cm³/mol. The van der Waals surface area contributed by atoms with E-state index in [0.29, 0.717) is 18.4 Å². The van der Waals surface area contributed by atoms with Gasteiger partial charge in [-0.2, -0.15) is 0 Å². The van der Waals surface area contributed by atoms with Gasteiger partial charge in [0.15, 0.2) is 0 Å². The number of methoxy groups -OCH3 is 1. The minimum atomic E-state index is 0.149. The quantitative estimate of drug-likeness (QED) is 0.615. The van der Waals surface area contributed by atoms with Gasteiger partial charge in [0.1, 0.15) is 5.75 Å². The number of benzene rings is 2. The van der Waals surface area contributed by atoms with E-state index in [2.05, 4.69) is 52.7 Å². The van der Waals surface area contributed by atoms with E-state index in [1.807, 2.05) is 12.1 Å². The fraction of sp³-hybridized carbons (Fsp3) is 0.500. The van der Waals surface area contributed by atoms with Crippen LogP contribution in [-0.2, 0) is 16.8 Å². The lowest BCUT2D eigenvalue weighted by molar-refractivity contribution is -0.129. The first-order valence-electron chi connectivity index (χ1n) is 11.4. The highest BCUT2D eigenvalue weighted by Gasteiger charge is 2.41. The molecule has 0 spiro atoms. The van der Waals surface area contributed by atoms with Gasteiger partial charge in [-0.3, -0.25) is 4.79 Å². The molecule has 2 aromatic carbocycles. The van der Waals surface area contributed by atoms with Crippen LogP contribution in [0.15, 0.2) is 54.6 Å². The summed E-state index contributed by atoms with van der Waals surface area (Å²) in [4.78, 5) is 15.0. The van der Waals surface area contributed by atoms with Crippen molar-refractivity contribution in [1.29, 1.82) is 0 Å². The molecule has 4 heteroatoms. The van der Waals surface area contributed by atoms with E-state index in [-0.39, 0.29) is 5.41 Å². The maximum absolute atomic E-state index is 12.8. The van der Waals surface area contributed by atoms with Gasteiger partial charge in [-0.05, 0) is 55.5 Å². The topological polar surface area (TPSA) is 41.6 Å². The van der Waals surface area contributed by atoms with Crippen LogP contribution in [0, 0.1) is 0 Å². The molecule has 0 unspecified atom stereocenters. The molecule has 0 aromatic heterocycles. The molecule has 1 heterocycles. The molecular weight excluding hydrogens is 372 g/mol. The van der Waals surface area contributed by atoms with E-state index in [1.54, 1.807) is 7.11 Å². The summed E-state index contributed by atoms with van der Waals surface area (Å²) in [5.74, 6) is 1.23. The van der Waals surface area contributed by atoms with E-state index in [1.165, 1.54) is 36.8 Å². The van der Waals surface area contributed by atoms with E-state index in [4.69, 9.17) is 4.74 Å². The van der Waals surface area contributed by atoms with E-state index in [9.17, 15) is 4.79 Å². The van der Waals surface area contributed by atoms with Crippen molar-refractivity contribution in [1.82, 2.24) is 10.2 Å². The van der Waals surface area contributed by atoms with Gasteiger partial charge in [0.2, 0.25) is 5.91 Å². The monoisotopic (exact) mass is 406 g/mol. The van der Waals surface area contributed by atoms with Crippen molar-refractivity contribution in [2.24, 2.45) is 0 Å². The van der Waals surface area contributed by atoms with E-state index in [0.717, 1.165) is 38.2 Å². The molecule has 160 valence electrons. The minimum absolute atomic E-state index is 0.149. The van der Waals surface area contributed by atoms with Crippen LogP contribution in [0.1, 0.15) is 56.1 Å². The smallest absolute Gasteiger partial charge is 0.222 e. The molecular formula is C26H34N2O2. The molecule has 1 atom stereocenters. The number of ether oxygens (including phenoxy) is 1. The van der Waals surface area contributed by atoms with Crippen LogP contribution in [0.3, 0.4) is 0 Å². The molecule has 1 saturated heterocycles. The van der Waals surface area contributed by atoms with Crippen LogP contribution in [0.4, 0.5) is 0 Å². The number of carbonyl (C=O) groups is 1. The van der Waals surface area contributed by atoms with Crippen molar-refractivity contribution in [3.05, 3.63) is 65.7 Å². The van der Waals surface area contributed by atoms with Gasteiger partial charge >= 0.3 is 0 Å². The summed E-state index contributed by atoms with van der Waals surface area (Å²) in [6, 6.07) is 19.4. The Balaban J connectivity index is 1.34. The van der Waals surface area contributed by atoms with Crippen molar-refractivity contribution in [2.75, 3.05) is 20.2 Å². The molecule has 1 saturated carbocycles. The fourth-order valence-electron chi connectivity index (χ4n) is 5.26. The Morgan fingerprint density at radius 1 is 1.07 bits per heavy atom. The Labute approximate surface area is 180 Å². The lowest BCUT2D eigenvalue weighted by Gasteiger charge is -2.37. The summed E-state index contributed by atoms with van der Waals surface area (Å²) in [6.07, 6.45) is 7.65. The summed E-state index contributed by atoms with van der Waals surface area (Å²) in [5, 5.41) is 3.56. The second-order valence-electron chi connectivity index (χ2n) is 8.88. The molecule has 30 heavy (non-hydrogen) atoms. The Morgan fingerprint density at radius 2 is 1.80 bits per heavy atom. The number of amides is 1. The molecule has 1 N–H and O–H groups in total. The van der Waals surface area contributed by atoms with Crippen LogP contribution in [0.25, 0.3) is 0 Å². The maximum atomic E-state index is 12.8. The Bertz CT molecular complexity index is 813. The van der Waals surface area contributed by atoms with Gasteiger partial charge < -0.3 is 15.0 Å². The third-order valence-corrected chi connectivity index (χ3v) is 7.01. The zero-order chi connectivity index (χ0) is 20.8. The van der Waals surface area contributed by atoms with Gasteiger partial charge in [0.05, 0.1) is 7.11 Å². The van der Waals surface area contributed by atoms with Gasteiger partial charge in [-0.25, -0.2) is 0 Å².